The molecule has 0 saturated heterocycles. The SMILES string of the molecule is O=C(O)c1ccoc1CN1CCc2sccc2C1. The highest BCUT2D eigenvalue weighted by atomic mass is 32.1. The summed E-state index contributed by atoms with van der Waals surface area (Å²) in [6, 6.07) is 3.66. The van der Waals surface area contributed by atoms with E-state index in [1.807, 2.05) is 0 Å². The summed E-state index contributed by atoms with van der Waals surface area (Å²) < 4.78 is 5.28. The smallest absolute Gasteiger partial charge is 0.339 e. The highest BCUT2D eigenvalue weighted by Gasteiger charge is 2.21. The van der Waals surface area contributed by atoms with Crippen LogP contribution in [-0.4, -0.2) is 22.5 Å². The Balaban J connectivity index is 1.75. The molecule has 94 valence electrons. The van der Waals surface area contributed by atoms with Crippen LogP contribution >= 0.6 is 11.3 Å². The molecule has 0 spiro atoms. The first-order valence-corrected chi connectivity index (χ1v) is 6.69. The Morgan fingerprint density at radius 1 is 1.50 bits per heavy atom. The lowest BCUT2D eigenvalue weighted by Gasteiger charge is -2.25. The minimum Gasteiger partial charge on any atom is -0.478 e. The van der Waals surface area contributed by atoms with Gasteiger partial charge in [-0.15, -0.1) is 11.3 Å². The van der Waals surface area contributed by atoms with Crippen LogP contribution in [0.1, 0.15) is 26.6 Å². The third-order valence-corrected chi connectivity index (χ3v) is 4.25. The monoisotopic (exact) mass is 263 g/mol. The Bertz CT molecular complexity index is 572. The van der Waals surface area contributed by atoms with Gasteiger partial charge in [0.1, 0.15) is 11.3 Å². The van der Waals surface area contributed by atoms with Gasteiger partial charge in [-0.1, -0.05) is 0 Å². The molecule has 0 radical (unpaired) electrons. The fourth-order valence-corrected chi connectivity index (χ4v) is 3.19. The molecule has 4 nitrogen and oxygen atoms in total. The Labute approximate surface area is 108 Å². The molecule has 0 fully saturated rings. The fourth-order valence-electron chi connectivity index (χ4n) is 2.30. The number of fused-ring (bicyclic) bond motifs is 1. The van der Waals surface area contributed by atoms with E-state index in [9.17, 15) is 4.79 Å². The first kappa shape index (κ1) is 11.5. The second-order valence-corrected chi connectivity index (χ2v) is 5.39. The molecule has 0 bridgehead atoms. The second-order valence-electron chi connectivity index (χ2n) is 4.39. The molecule has 0 saturated carbocycles. The van der Waals surface area contributed by atoms with Gasteiger partial charge in [-0.25, -0.2) is 4.79 Å². The average molecular weight is 263 g/mol. The number of carboxylic acids is 1. The maximum absolute atomic E-state index is 11.0. The summed E-state index contributed by atoms with van der Waals surface area (Å²) in [5.41, 5.74) is 1.63. The van der Waals surface area contributed by atoms with Crippen molar-refractivity contribution in [1.82, 2.24) is 4.90 Å². The summed E-state index contributed by atoms with van der Waals surface area (Å²) in [6.07, 6.45) is 2.48. The number of nitrogens with zero attached hydrogens (tertiary/aromatic N) is 1. The van der Waals surface area contributed by atoms with Crippen LogP contribution in [0, 0.1) is 0 Å². The molecule has 2 aromatic heterocycles. The molecule has 1 N–H and O–H groups in total. The van der Waals surface area contributed by atoms with Crippen molar-refractivity contribution in [2.45, 2.75) is 19.5 Å². The molecule has 0 aromatic carbocycles. The minimum absolute atomic E-state index is 0.270. The van der Waals surface area contributed by atoms with Crippen molar-refractivity contribution in [1.29, 1.82) is 0 Å². The van der Waals surface area contributed by atoms with Crippen molar-refractivity contribution in [3.63, 3.8) is 0 Å². The van der Waals surface area contributed by atoms with E-state index < -0.39 is 5.97 Å². The Morgan fingerprint density at radius 3 is 3.22 bits per heavy atom. The van der Waals surface area contributed by atoms with Crippen LogP contribution in [0.15, 0.2) is 28.2 Å². The molecule has 0 aliphatic carbocycles. The van der Waals surface area contributed by atoms with Crippen molar-refractivity contribution in [3.8, 4) is 0 Å². The Hall–Kier alpha value is -1.59. The van der Waals surface area contributed by atoms with E-state index in [1.165, 1.54) is 22.8 Å². The summed E-state index contributed by atoms with van der Waals surface area (Å²) in [5.74, 6) is -0.381. The number of hydrogen-bond acceptors (Lipinski definition) is 4. The number of furan rings is 1. The number of rotatable bonds is 3. The molecule has 0 unspecified atom stereocenters. The standard InChI is InChI=1S/C13H13NO3S/c15-13(16)10-2-5-17-11(10)8-14-4-1-12-9(7-14)3-6-18-12/h2-3,5-6H,1,4,7-8H2,(H,15,16). The third-order valence-electron chi connectivity index (χ3n) is 3.23. The molecule has 1 aliphatic rings. The van der Waals surface area contributed by atoms with E-state index in [0.29, 0.717) is 12.3 Å². The number of carbonyl (C=O) groups is 1. The van der Waals surface area contributed by atoms with E-state index in [2.05, 4.69) is 16.3 Å². The zero-order valence-corrected chi connectivity index (χ0v) is 10.6. The van der Waals surface area contributed by atoms with Crippen molar-refractivity contribution >= 4 is 17.3 Å². The van der Waals surface area contributed by atoms with Crippen molar-refractivity contribution in [2.24, 2.45) is 0 Å². The van der Waals surface area contributed by atoms with Crippen LogP contribution in [0.25, 0.3) is 0 Å². The number of carboxylic acid groups (broad SMARTS) is 1. The van der Waals surface area contributed by atoms with Crippen molar-refractivity contribution in [2.75, 3.05) is 6.54 Å². The summed E-state index contributed by atoms with van der Waals surface area (Å²) in [5, 5.41) is 11.1. The molecule has 3 rings (SSSR count). The lowest BCUT2D eigenvalue weighted by atomic mass is 10.1. The van der Waals surface area contributed by atoms with E-state index in [-0.39, 0.29) is 5.56 Å². The number of hydrogen-bond donors (Lipinski definition) is 1. The molecule has 3 heterocycles. The summed E-state index contributed by atoms with van der Waals surface area (Å²) in [6.45, 7) is 2.38. The lowest BCUT2D eigenvalue weighted by molar-refractivity contribution is 0.0692. The van der Waals surface area contributed by atoms with E-state index in [1.54, 1.807) is 11.3 Å². The van der Waals surface area contributed by atoms with Gasteiger partial charge >= 0.3 is 5.97 Å². The largest absolute Gasteiger partial charge is 0.478 e. The molecular weight excluding hydrogens is 250 g/mol. The topological polar surface area (TPSA) is 53.7 Å². The third kappa shape index (κ3) is 2.07. The van der Waals surface area contributed by atoms with Gasteiger partial charge < -0.3 is 9.52 Å². The van der Waals surface area contributed by atoms with E-state index in [0.717, 1.165) is 19.5 Å². The zero-order valence-electron chi connectivity index (χ0n) is 9.76. The van der Waals surface area contributed by atoms with Gasteiger partial charge in [-0.05, 0) is 29.5 Å². The molecule has 1 aliphatic heterocycles. The van der Waals surface area contributed by atoms with Crippen LogP contribution in [0.5, 0.6) is 0 Å². The van der Waals surface area contributed by atoms with Gasteiger partial charge in [-0.3, -0.25) is 4.90 Å². The van der Waals surface area contributed by atoms with Crippen LogP contribution in [0.3, 0.4) is 0 Å². The van der Waals surface area contributed by atoms with Crippen LogP contribution in [0.2, 0.25) is 0 Å². The van der Waals surface area contributed by atoms with E-state index >= 15 is 0 Å². The number of thiophene rings is 1. The minimum atomic E-state index is -0.924. The highest BCUT2D eigenvalue weighted by Crippen LogP contribution is 2.25. The van der Waals surface area contributed by atoms with Crippen LogP contribution in [-0.2, 0) is 19.5 Å². The second kappa shape index (κ2) is 4.59. The normalized spacial score (nSPS) is 15.6. The van der Waals surface area contributed by atoms with E-state index in [4.69, 9.17) is 9.52 Å². The van der Waals surface area contributed by atoms with Crippen LogP contribution in [0.4, 0.5) is 0 Å². The fraction of sp³-hybridized carbons (Fsp3) is 0.308. The molecule has 0 atom stereocenters. The van der Waals surface area contributed by atoms with Crippen molar-refractivity contribution < 1.29 is 14.3 Å². The molecule has 18 heavy (non-hydrogen) atoms. The average Bonchev–Trinajstić information content (AvgIpc) is 2.96. The molecule has 5 heteroatoms. The Morgan fingerprint density at radius 2 is 2.39 bits per heavy atom. The lowest BCUT2D eigenvalue weighted by Crippen LogP contribution is -2.29. The summed E-state index contributed by atoms with van der Waals surface area (Å²) in [7, 11) is 0. The summed E-state index contributed by atoms with van der Waals surface area (Å²) in [4.78, 5) is 14.7. The van der Waals surface area contributed by atoms with Gasteiger partial charge in [0, 0.05) is 18.0 Å². The van der Waals surface area contributed by atoms with Gasteiger partial charge in [0.15, 0.2) is 0 Å². The van der Waals surface area contributed by atoms with Gasteiger partial charge in [0.2, 0.25) is 0 Å². The first-order valence-electron chi connectivity index (χ1n) is 5.81. The summed E-state index contributed by atoms with van der Waals surface area (Å²) >= 11 is 1.80. The van der Waals surface area contributed by atoms with Crippen LogP contribution < -0.4 is 0 Å². The quantitative estimate of drug-likeness (QED) is 0.924. The Kier molecular flexibility index (Phi) is 2.93. The zero-order chi connectivity index (χ0) is 12.5. The highest BCUT2D eigenvalue weighted by molar-refractivity contribution is 7.10. The molecule has 2 aromatic rings. The van der Waals surface area contributed by atoms with Gasteiger partial charge in [0.25, 0.3) is 0 Å². The van der Waals surface area contributed by atoms with Gasteiger partial charge in [-0.2, -0.15) is 0 Å². The number of aromatic carboxylic acids is 1. The molecule has 0 amide bonds. The molecular formula is C13H13NO3S. The first-order chi connectivity index (χ1) is 8.74. The maximum Gasteiger partial charge on any atom is 0.339 e. The predicted molar refractivity (Wildman–Crippen MR) is 67.8 cm³/mol. The van der Waals surface area contributed by atoms with Gasteiger partial charge in [0.05, 0.1) is 12.8 Å². The maximum atomic E-state index is 11.0. The predicted octanol–water partition coefficient (Wildman–Crippen LogP) is 2.60. The van der Waals surface area contributed by atoms with Crippen molar-refractivity contribution in [3.05, 3.63) is 45.5 Å².